The number of ether oxygens (including phenoxy) is 2. The van der Waals surface area contributed by atoms with Gasteiger partial charge in [-0.3, -0.25) is 0 Å². The standard InChI is InChI=1S/C16H17NO4/c1-3-20-16(18)12(2)21-15-11-17(19)10-9-14(15)13-7-5-4-6-8-13/h4-12H,3H2,1-2H3. The van der Waals surface area contributed by atoms with Crippen molar-refractivity contribution in [3.63, 3.8) is 0 Å². The summed E-state index contributed by atoms with van der Waals surface area (Å²) in [6, 6.07) is 11.2. The van der Waals surface area contributed by atoms with Gasteiger partial charge in [-0.05, 0) is 19.4 Å². The first-order valence-corrected chi connectivity index (χ1v) is 6.73. The van der Waals surface area contributed by atoms with Crippen LogP contribution < -0.4 is 9.47 Å². The summed E-state index contributed by atoms with van der Waals surface area (Å²) in [5, 5.41) is 11.5. The first-order chi connectivity index (χ1) is 10.1. The molecular weight excluding hydrogens is 270 g/mol. The molecule has 0 saturated heterocycles. The molecule has 0 aliphatic heterocycles. The minimum absolute atomic E-state index is 0.286. The summed E-state index contributed by atoms with van der Waals surface area (Å²) in [6.45, 7) is 3.61. The predicted octanol–water partition coefficient (Wildman–Crippen LogP) is 2.32. The molecule has 0 amide bonds. The number of carbonyl (C=O) groups excluding carboxylic acids is 1. The Kier molecular flexibility index (Phi) is 4.77. The molecule has 5 heteroatoms. The van der Waals surface area contributed by atoms with Crippen molar-refractivity contribution in [3.8, 4) is 16.9 Å². The average Bonchev–Trinajstić information content (AvgIpc) is 2.48. The fraction of sp³-hybridized carbons (Fsp3) is 0.250. The third-order valence-electron chi connectivity index (χ3n) is 2.91. The maximum Gasteiger partial charge on any atom is 0.347 e. The maximum absolute atomic E-state index is 11.6. The predicted molar refractivity (Wildman–Crippen MR) is 77.6 cm³/mol. The minimum Gasteiger partial charge on any atom is -0.619 e. The number of benzene rings is 1. The van der Waals surface area contributed by atoms with E-state index in [0.717, 1.165) is 11.1 Å². The van der Waals surface area contributed by atoms with Crippen molar-refractivity contribution in [2.75, 3.05) is 6.61 Å². The Hall–Kier alpha value is -2.56. The summed E-state index contributed by atoms with van der Waals surface area (Å²) in [7, 11) is 0. The van der Waals surface area contributed by atoms with Crippen molar-refractivity contribution in [3.05, 3.63) is 54.0 Å². The van der Waals surface area contributed by atoms with Gasteiger partial charge in [-0.25, -0.2) is 4.79 Å². The molecule has 1 unspecified atom stereocenters. The second-order valence-corrected chi connectivity index (χ2v) is 4.46. The molecule has 0 radical (unpaired) electrons. The molecule has 1 aromatic carbocycles. The van der Waals surface area contributed by atoms with Crippen LogP contribution in [0.5, 0.6) is 5.75 Å². The largest absolute Gasteiger partial charge is 0.619 e. The van der Waals surface area contributed by atoms with Crippen molar-refractivity contribution in [1.29, 1.82) is 0 Å². The van der Waals surface area contributed by atoms with Crippen molar-refractivity contribution in [2.24, 2.45) is 0 Å². The Bertz CT molecular complexity index is 613. The molecule has 1 atom stereocenters. The summed E-state index contributed by atoms with van der Waals surface area (Å²) in [6.07, 6.45) is 1.91. The average molecular weight is 287 g/mol. The van der Waals surface area contributed by atoms with Crippen molar-refractivity contribution < 1.29 is 19.0 Å². The SMILES string of the molecule is CCOC(=O)C(C)Oc1c[n+]([O-])ccc1-c1ccccc1. The fourth-order valence-electron chi connectivity index (χ4n) is 1.91. The van der Waals surface area contributed by atoms with E-state index in [-0.39, 0.29) is 6.61 Å². The van der Waals surface area contributed by atoms with Crippen LogP contribution in [0.3, 0.4) is 0 Å². The number of aromatic nitrogens is 1. The molecule has 0 bridgehead atoms. The van der Waals surface area contributed by atoms with E-state index in [0.29, 0.717) is 10.5 Å². The van der Waals surface area contributed by atoms with E-state index in [1.807, 2.05) is 30.3 Å². The number of esters is 1. The highest BCUT2D eigenvalue weighted by Gasteiger charge is 2.19. The zero-order valence-corrected chi connectivity index (χ0v) is 12.0. The van der Waals surface area contributed by atoms with Crippen LogP contribution in [-0.2, 0) is 9.53 Å². The van der Waals surface area contributed by atoms with E-state index in [9.17, 15) is 10.0 Å². The van der Waals surface area contributed by atoms with E-state index >= 15 is 0 Å². The third kappa shape index (κ3) is 3.72. The zero-order valence-electron chi connectivity index (χ0n) is 12.0. The van der Waals surface area contributed by atoms with E-state index < -0.39 is 12.1 Å². The van der Waals surface area contributed by atoms with Crippen LogP contribution in [0.25, 0.3) is 11.1 Å². The monoisotopic (exact) mass is 287 g/mol. The quantitative estimate of drug-likeness (QED) is 0.481. The highest BCUT2D eigenvalue weighted by molar-refractivity contribution is 5.75. The molecule has 21 heavy (non-hydrogen) atoms. The Morgan fingerprint density at radius 1 is 1.29 bits per heavy atom. The molecule has 2 aromatic rings. The van der Waals surface area contributed by atoms with Crippen molar-refractivity contribution in [1.82, 2.24) is 0 Å². The summed E-state index contributed by atoms with van der Waals surface area (Å²) in [5.41, 5.74) is 1.66. The van der Waals surface area contributed by atoms with Gasteiger partial charge in [0.05, 0.1) is 6.61 Å². The summed E-state index contributed by atoms with van der Waals surface area (Å²) >= 11 is 0. The van der Waals surface area contributed by atoms with Gasteiger partial charge in [0.15, 0.2) is 18.1 Å². The van der Waals surface area contributed by atoms with Gasteiger partial charge in [-0.2, -0.15) is 4.73 Å². The molecule has 0 saturated carbocycles. The molecule has 1 aromatic heterocycles. The number of nitrogens with zero attached hydrogens (tertiary/aromatic N) is 1. The van der Waals surface area contributed by atoms with Crippen molar-refractivity contribution >= 4 is 5.97 Å². The van der Waals surface area contributed by atoms with Gasteiger partial charge >= 0.3 is 5.97 Å². The first kappa shape index (κ1) is 14.8. The molecule has 5 nitrogen and oxygen atoms in total. The van der Waals surface area contributed by atoms with Crippen LogP contribution in [0, 0.1) is 5.21 Å². The highest BCUT2D eigenvalue weighted by Crippen LogP contribution is 2.29. The fourth-order valence-corrected chi connectivity index (χ4v) is 1.91. The Labute approximate surface area is 123 Å². The molecule has 0 spiro atoms. The van der Waals surface area contributed by atoms with Crippen LogP contribution in [0.1, 0.15) is 13.8 Å². The van der Waals surface area contributed by atoms with Gasteiger partial charge in [-0.15, -0.1) is 0 Å². The van der Waals surface area contributed by atoms with Gasteiger partial charge in [0.1, 0.15) is 0 Å². The smallest absolute Gasteiger partial charge is 0.347 e. The van der Waals surface area contributed by atoms with Gasteiger partial charge in [-0.1, -0.05) is 30.3 Å². The number of carbonyl (C=O) groups is 1. The van der Waals surface area contributed by atoms with Crippen LogP contribution in [-0.4, -0.2) is 18.7 Å². The Morgan fingerprint density at radius 3 is 2.67 bits per heavy atom. The lowest BCUT2D eigenvalue weighted by atomic mass is 10.1. The minimum atomic E-state index is -0.783. The first-order valence-electron chi connectivity index (χ1n) is 6.73. The number of rotatable bonds is 5. The second-order valence-electron chi connectivity index (χ2n) is 4.46. The van der Waals surface area contributed by atoms with Gasteiger partial charge < -0.3 is 14.7 Å². The maximum atomic E-state index is 11.6. The van der Waals surface area contributed by atoms with E-state index in [4.69, 9.17) is 9.47 Å². The normalized spacial score (nSPS) is 11.7. The van der Waals surface area contributed by atoms with Crippen LogP contribution in [0.2, 0.25) is 0 Å². The molecule has 110 valence electrons. The summed E-state index contributed by atoms with van der Waals surface area (Å²) in [5.74, 6) is -0.114. The summed E-state index contributed by atoms with van der Waals surface area (Å²) in [4.78, 5) is 11.6. The van der Waals surface area contributed by atoms with Crippen LogP contribution in [0.15, 0.2) is 48.8 Å². The molecule has 0 aliphatic rings. The molecule has 2 rings (SSSR count). The topological polar surface area (TPSA) is 62.5 Å². The van der Waals surface area contributed by atoms with Gasteiger partial charge in [0.2, 0.25) is 6.20 Å². The lowest BCUT2D eigenvalue weighted by Gasteiger charge is -2.15. The number of hydrogen-bond donors (Lipinski definition) is 0. The molecular formula is C16H17NO4. The van der Waals surface area contributed by atoms with Crippen LogP contribution in [0.4, 0.5) is 0 Å². The highest BCUT2D eigenvalue weighted by atomic mass is 16.6. The molecule has 0 fully saturated rings. The third-order valence-corrected chi connectivity index (χ3v) is 2.91. The Balaban J connectivity index is 2.30. The zero-order chi connectivity index (χ0) is 15.2. The molecule has 0 aliphatic carbocycles. The molecule has 1 heterocycles. The van der Waals surface area contributed by atoms with Gasteiger partial charge in [0.25, 0.3) is 0 Å². The Morgan fingerprint density at radius 2 is 2.00 bits per heavy atom. The van der Waals surface area contributed by atoms with E-state index in [2.05, 4.69) is 0 Å². The lowest BCUT2D eigenvalue weighted by molar-refractivity contribution is -0.605. The van der Waals surface area contributed by atoms with E-state index in [1.54, 1.807) is 19.9 Å². The molecule has 0 N–H and O–H groups in total. The number of hydrogen-bond acceptors (Lipinski definition) is 4. The van der Waals surface area contributed by atoms with Crippen LogP contribution >= 0.6 is 0 Å². The summed E-state index contributed by atoms with van der Waals surface area (Å²) < 4.78 is 11.1. The lowest BCUT2D eigenvalue weighted by Crippen LogP contribution is -2.29. The van der Waals surface area contributed by atoms with Crippen molar-refractivity contribution in [2.45, 2.75) is 20.0 Å². The second kappa shape index (κ2) is 6.74. The number of pyridine rings is 1. The van der Waals surface area contributed by atoms with Gasteiger partial charge in [0, 0.05) is 11.6 Å². The van der Waals surface area contributed by atoms with E-state index in [1.165, 1.54) is 12.4 Å².